The van der Waals surface area contributed by atoms with E-state index in [1.165, 1.54) is 18.7 Å². The number of carbonyl (C=O) groups is 2. The summed E-state index contributed by atoms with van der Waals surface area (Å²) in [6.07, 6.45) is 1.21. The van der Waals surface area contributed by atoms with E-state index in [0.29, 0.717) is 35.6 Å². The van der Waals surface area contributed by atoms with Crippen LogP contribution < -0.4 is 5.32 Å². The summed E-state index contributed by atoms with van der Waals surface area (Å²) in [5, 5.41) is 12.7. The lowest BCUT2D eigenvalue weighted by Gasteiger charge is -2.16. The Morgan fingerprint density at radius 2 is 1.85 bits per heavy atom. The van der Waals surface area contributed by atoms with E-state index in [4.69, 9.17) is 16.3 Å². The van der Waals surface area contributed by atoms with Crippen molar-refractivity contribution in [2.75, 3.05) is 19.5 Å². The Hall–Kier alpha value is -2.68. The molecule has 0 spiro atoms. The Bertz CT molecular complexity index is 1070. The summed E-state index contributed by atoms with van der Waals surface area (Å²) in [5.74, 6) is 0.442. The van der Waals surface area contributed by atoms with Crippen LogP contribution in [0.15, 0.2) is 59.8 Å². The summed E-state index contributed by atoms with van der Waals surface area (Å²) in [6.45, 7) is 2.70. The molecular weight excluding hydrogens is 460 g/mol. The molecule has 7 nitrogen and oxygen atoms in total. The number of thioether (sulfide) groups is 1. The van der Waals surface area contributed by atoms with Gasteiger partial charge in [0.25, 0.3) is 0 Å². The fraction of sp³-hybridized carbons (Fsp3) is 0.333. The molecule has 1 amide bonds. The number of aromatic nitrogens is 3. The van der Waals surface area contributed by atoms with Gasteiger partial charge in [0.15, 0.2) is 16.8 Å². The number of ether oxygens (including phenoxy) is 1. The zero-order chi connectivity index (χ0) is 23.6. The first-order valence-corrected chi connectivity index (χ1v) is 12.0. The fourth-order valence-corrected chi connectivity index (χ4v) is 4.31. The molecule has 2 aromatic carbocycles. The summed E-state index contributed by atoms with van der Waals surface area (Å²) in [5.41, 5.74) is 1.77. The third-order valence-electron chi connectivity index (χ3n) is 5.00. The highest BCUT2D eigenvalue weighted by Gasteiger charge is 2.20. The van der Waals surface area contributed by atoms with E-state index in [-0.39, 0.29) is 17.4 Å². The van der Waals surface area contributed by atoms with Crippen LogP contribution in [-0.2, 0) is 27.3 Å². The van der Waals surface area contributed by atoms with Gasteiger partial charge in [0.2, 0.25) is 5.91 Å². The lowest BCUT2D eigenvalue weighted by molar-refractivity contribution is -0.125. The Balaban J connectivity index is 1.69. The maximum Gasteiger partial charge on any atom is 0.231 e. The molecule has 1 N–H and O–H groups in total. The number of Topliss-reactive ketones (excluding diaryl/α,β-unsaturated/α-hetero) is 1. The van der Waals surface area contributed by atoms with E-state index in [0.717, 1.165) is 17.5 Å². The standard InChI is InChI=1S/C24H27ClN4O3S/c1-17(30)21(15-18-9-4-3-5-10-18)26-22(31)16-33-24-28-27-23(29(24)13-8-14-32-2)19-11-6-7-12-20(19)25/h3-7,9-12,21H,8,13-16H2,1-2H3,(H,26,31). The van der Waals surface area contributed by atoms with Crippen LogP contribution >= 0.6 is 23.4 Å². The van der Waals surface area contributed by atoms with E-state index < -0.39 is 6.04 Å². The molecule has 9 heteroatoms. The maximum atomic E-state index is 12.6. The molecule has 1 atom stereocenters. The summed E-state index contributed by atoms with van der Waals surface area (Å²) >= 11 is 7.65. The van der Waals surface area contributed by atoms with Crippen LogP contribution in [0.4, 0.5) is 0 Å². The summed E-state index contributed by atoms with van der Waals surface area (Å²) in [6, 6.07) is 16.5. The lowest BCUT2D eigenvalue weighted by Crippen LogP contribution is -2.42. The van der Waals surface area contributed by atoms with Gasteiger partial charge in [-0.05, 0) is 37.5 Å². The first-order chi connectivity index (χ1) is 16.0. The second-order valence-corrected chi connectivity index (χ2v) is 8.84. The minimum absolute atomic E-state index is 0.0825. The van der Waals surface area contributed by atoms with Gasteiger partial charge in [-0.1, -0.05) is 65.8 Å². The van der Waals surface area contributed by atoms with Crippen LogP contribution in [0.2, 0.25) is 5.02 Å². The molecule has 0 bridgehead atoms. The molecule has 0 fully saturated rings. The van der Waals surface area contributed by atoms with Gasteiger partial charge in [0, 0.05) is 25.8 Å². The Morgan fingerprint density at radius 3 is 2.55 bits per heavy atom. The molecule has 3 aromatic rings. The van der Waals surface area contributed by atoms with Crippen LogP contribution in [-0.4, -0.2) is 52.0 Å². The molecule has 0 aliphatic heterocycles. The largest absolute Gasteiger partial charge is 0.385 e. The van der Waals surface area contributed by atoms with Crippen molar-refractivity contribution in [1.82, 2.24) is 20.1 Å². The number of carbonyl (C=O) groups excluding carboxylic acids is 2. The van der Waals surface area contributed by atoms with Crippen molar-refractivity contribution in [3.8, 4) is 11.4 Å². The van der Waals surface area contributed by atoms with E-state index >= 15 is 0 Å². The van der Waals surface area contributed by atoms with E-state index in [9.17, 15) is 9.59 Å². The van der Waals surface area contributed by atoms with Gasteiger partial charge in [-0.3, -0.25) is 9.59 Å². The number of nitrogens with one attached hydrogen (secondary N) is 1. The molecule has 0 aliphatic carbocycles. The number of hydrogen-bond acceptors (Lipinski definition) is 6. The fourth-order valence-electron chi connectivity index (χ4n) is 3.32. The van der Waals surface area contributed by atoms with Crippen molar-refractivity contribution in [3.63, 3.8) is 0 Å². The Kier molecular flexibility index (Phi) is 9.47. The Labute approximate surface area is 202 Å². The highest BCUT2D eigenvalue weighted by Crippen LogP contribution is 2.29. The predicted molar refractivity (Wildman–Crippen MR) is 130 cm³/mol. The lowest BCUT2D eigenvalue weighted by atomic mass is 10.0. The number of ketones is 1. The van der Waals surface area contributed by atoms with Crippen LogP contribution in [0, 0.1) is 0 Å². The normalized spacial score (nSPS) is 11.8. The predicted octanol–water partition coefficient (Wildman–Crippen LogP) is 4.04. The monoisotopic (exact) mass is 486 g/mol. The van der Waals surface area contributed by atoms with Gasteiger partial charge in [0.1, 0.15) is 0 Å². The topological polar surface area (TPSA) is 86.1 Å². The van der Waals surface area contributed by atoms with Gasteiger partial charge < -0.3 is 14.6 Å². The molecule has 33 heavy (non-hydrogen) atoms. The van der Waals surface area contributed by atoms with E-state index in [1.807, 2.05) is 53.1 Å². The number of rotatable bonds is 12. The molecule has 174 valence electrons. The van der Waals surface area contributed by atoms with Gasteiger partial charge >= 0.3 is 0 Å². The maximum absolute atomic E-state index is 12.6. The third kappa shape index (κ3) is 7.15. The summed E-state index contributed by atoms with van der Waals surface area (Å²) < 4.78 is 7.13. The van der Waals surface area contributed by atoms with E-state index in [2.05, 4.69) is 15.5 Å². The molecule has 0 aliphatic rings. The van der Waals surface area contributed by atoms with Crippen molar-refractivity contribution in [2.45, 2.75) is 37.5 Å². The third-order valence-corrected chi connectivity index (χ3v) is 6.30. The van der Waals surface area contributed by atoms with E-state index in [1.54, 1.807) is 13.2 Å². The Morgan fingerprint density at radius 1 is 1.12 bits per heavy atom. The van der Waals surface area contributed by atoms with Crippen LogP contribution in [0.3, 0.4) is 0 Å². The zero-order valence-corrected chi connectivity index (χ0v) is 20.2. The average Bonchev–Trinajstić information content (AvgIpc) is 3.21. The minimum atomic E-state index is -0.571. The van der Waals surface area contributed by atoms with Crippen molar-refractivity contribution >= 4 is 35.1 Å². The highest BCUT2D eigenvalue weighted by molar-refractivity contribution is 7.99. The average molecular weight is 487 g/mol. The van der Waals surface area contributed by atoms with Crippen molar-refractivity contribution in [2.24, 2.45) is 0 Å². The van der Waals surface area contributed by atoms with Crippen molar-refractivity contribution in [1.29, 1.82) is 0 Å². The van der Waals surface area contributed by atoms with Crippen LogP contribution in [0.5, 0.6) is 0 Å². The molecule has 0 radical (unpaired) electrons. The second kappa shape index (κ2) is 12.5. The summed E-state index contributed by atoms with van der Waals surface area (Å²) in [7, 11) is 1.65. The van der Waals surface area contributed by atoms with Crippen LogP contribution in [0.25, 0.3) is 11.4 Å². The highest BCUT2D eigenvalue weighted by atomic mass is 35.5. The molecule has 1 unspecified atom stereocenters. The quantitative estimate of drug-likeness (QED) is 0.307. The molecular formula is C24H27ClN4O3S. The molecule has 0 saturated carbocycles. The number of methoxy groups -OCH3 is 1. The van der Waals surface area contributed by atoms with Crippen LogP contribution in [0.1, 0.15) is 18.9 Å². The first kappa shape index (κ1) is 25.0. The minimum Gasteiger partial charge on any atom is -0.385 e. The van der Waals surface area contributed by atoms with Crippen molar-refractivity contribution < 1.29 is 14.3 Å². The van der Waals surface area contributed by atoms with Gasteiger partial charge in [-0.2, -0.15) is 0 Å². The molecule has 0 saturated heterocycles. The number of amides is 1. The number of halogens is 1. The second-order valence-electron chi connectivity index (χ2n) is 7.49. The van der Waals surface area contributed by atoms with Gasteiger partial charge in [-0.15, -0.1) is 10.2 Å². The number of hydrogen-bond donors (Lipinski definition) is 1. The summed E-state index contributed by atoms with van der Waals surface area (Å²) in [4.78, 5) is 24.7. The number of nitrogens with zero attached hydrogens (tertiary/aromatic N) is 3. The van der Waals surface area contributed by atoms with Gasteiger partial charge in [0.05, 0.1) is 16.8 Å². The number of benzene rings is 2. The molecule has 3 rings (SSSR count). The van der Waals surface area contributed by atoms with Gasteiger partial charge in [-0.25, -0.2) is 0 Å². The smallest absolute Gasteiger partial charge is 0.231 e. The first-order valence-electron chi connectivity index (χ1n) is 10.6. The molecule has 1 aromatic heterocycles. The molecule has 1 heterocycles. The van der Waals surface area contributed by atoms with Crippen molar-refractivity contribution in [3.05, 3.63) is 65.2 Å². The SMILES string of the molecule is COCCCn1c(SCC(=O)NC(Cc2ccccc2)C(C)=O)nnc1-c1ccccc1Cl. The zero-order valence-electron chi connectivity index (χ0n) is 18.7.